The van der Waals surface area contributed by atoms with Crippen LogP contribution in [0.2, 0.25) is 36.3 Å². The van der Waals surface area contributed by atoms with E-state index < -0.39 is 28.2 Å². The number of hydrogen-bond acceptors (Lipinski definition) is 5. The van der Waals surface area contributed by atoms with Crippen molar-refractivity contribution in [2.45, 2.75) is 116 Å². The molecule has 0 bridgehead atoms. The summed E-state index contributed by atoms with van der Waals surface area (Å²) in [5.74, 6) is -0.736. The van der Waals surface area contributed by atoms with Gasteiger partial charge in [-0.25, -0.2) is 0 Å². The van der Waals surface area contributed by atoms with Crippen LogP contribution in [0.3, 0.4) is 0 Å². The Hall–Kier alpha value is -0.706. The summed E-state index contributed by atoms with van der Waals surface area (Å²) in [7, 11) is -2.48. The molecule has 7 heteroatoms. The largest absolute Gasteiger partial charge is 0.496 e. The van der Waals surface area contributed by atoms with Crippen molar-refractivity contribution < 1.29 is 23.1 Å². The normalized spacial score (nSPS) is 24.7. The molecule has 0 heterocycles. The first-order chi connectivity index (χ1) is 15.4. The van der Waals surface area contributed by atoms with Crippen LogP contribution in [0.1, 0.15) is 77.6 Å². The fraction of sp³-hybridized carbons (Fsp3) is 0.778. The standard InChI is InChI=1S/C27H48O5Si2/c1-14-29-26(31-33(10,11)24(3,4)5)17-19-16-20-18-27(30-15-2,22(20)23(28-9)21(19)26)32-34(12,13)25(6,7)8/h16H,14-15,17-18H2,1-13H3. The Kier molecular flexibility index (Phi) is 7.13. The van der Waals surface area contributed by atoms with Gasteiger partial charge in [-0.05, 0) is 61.2 Å². The van der Waals surface area contributed by atoms with Crippen molar-refractivity contribution in [3.8, 4) is 5.75 Å². The van der Waals surface area contributed by atoms with Gasteiger partial charge < -0.3 is 23.1 Å². The van der Waals surface area contributed by atoms with Crippen LogP contribution in [-0.4, -0.2) is 37.0 Å². The highest BCUT2D eigenvalue weighted by Gasteiger charge is 2.59. The second-order valence-corrected chi connectivity index (χ2v) is 22.4. The molecule has 3 rings (SSSR count). The minimum Gasteiger partial charge on any atom is -0.496 e. The molecule has 2 aliphatic carbocycles. The van der Waals surface area contributed by atoms with Gasteiger partial charge in [-0.15, -0.1) is 0 Å². The maximum Gasteiger partial charge on any atom is 0.196 e. The van der Waals surface area contributed by atoms with E-state index in [1.165, 1.54) is 11.1 Å². The molecule has 0 aliphatic heterocycles. The Morgan fingerprint density at radius 2 is 1.09 bits per heavy atom. The van der Waals surface area contributed by atoms with Gasteiger partial charge in [-0.1, -0.05) is 47.6 Å². The molecule has 0 spiro atoms. The van der Waals surface area contributed by atoms with Gasteiger partial charge in [-0.3, -0.25) is 0 Å². The van der Waals surface area contributed by atoms with Crippen molar-refractivity contribution >= 4 is 16.6 Å². The maximum absolute atomic E-state index is 7.00. The van der Waals surface area contributed by atoms with Gasteiger partial charge in [0.05, 0.1) is 18.2 Å². The SMILES string of the molecule is CCOC1(O[Si](C)(C)C(C)(C)C)Cc2cc3c(c(OC)c21)C(OCC)(O[Si](C)(C)C(C)(C)C)C3. The van der Waals surface area contributed by atoms with Crippen molar-refractivity contribution in [1.82, 2.24) is 0 Å². The number of hydrogen-bond donors (Lipinski definition) is 0. The van der Waals surface area contributed by atoms with E-state index in [1.807, 2.05) is 13.8 Å². The number of methoxy groups -OCH3 is 1. The van der Waals surface area contributed by atoms with Crippen LogP contribution in [-0.2, 0) is 42.7 Å². The van der Waals surface area contributed by atoms with E-state index in [0.29, 0.717) is 13.2 Å². The van der Waals surface area contributed by atoms with E-state index in [4.69, 9.17) is 23.1 Å². The maximum atomic E-state index is 7.00. The summed E-state index contributed by atoms with van der Waals surface area (Å²) in [5.41, 5.74) is 4.56. The molecular weight excluding hydrogens is 460 g/mol. The molecule has 0 amide bonds. The van der Waals surface area contributed by atoms with Crippen LogP contribution in [0.5, 0.6) is 5.75 Å². The van der Waals surface area contributed by atoms with E-state index in [2.05, 4.69) is 73.8 Å². The summed E-state index contributed by atoms with van der Waals surface area (Å²) < 4.78 is 33.0. The van der Waals surface area contributed by atoms with Crippen LogP contribution in [0.4, 0.5) is 0 Å². The number of ether oxygens (including phenoxy) is 3. The molecule has 0 saturated carbocycles. The summed E-state index contributed by atoms with van der Waals surface area (Å²) >= 11 is 0. The second-order valence-electron chi connectivity index (χ2n) is 12.9. The van der Waals surface area contributed by atoms with Gasteiger partial charge in [0, 0.05) is 26.1 Å². The smallest absolute Gasteiger partial charge is 0.196 e. The summed E-state index contributed by atoms with van der Waals surface area (Å²) in [6.07, 6.45) is 1.49. The molecule has 0 N–H and O–H groups in total. The Morgan fingerprint density at radius 3 is 1.35 bits per heavy atom. The van der Waals surface area contributed by atoms with E-state index >= 15 is 0 Å². The molecule has 0 radical (unpaired) electrons. The van der Waals surface area contributed by atoms with Crippen molar-refractivity contribution in [2.75, 3.05) is 20.3 Å². The number of benzene rings is 1. The molecule has 0 aromatic heterocycles. The molecule has 194 valence electrons. The summed E-state index contributed by atoms with van der Waals surface area (Å²) in [4.78, 5) is 0. The average Bonchev–Trinajstić information content (AvgIpc) is 2.63. The van der Waals surface area contributed by atoms with Crippen molar-refractivity contribution in [3.05, 3.63) is 28.3 Å². The highest BCUT2D eigenvalue weighted by molar-refractivity contribution is 6.74. The monoisotopic (exact) mass is 508 g/mol. The lowest BCUT2D eigenvalue weighted by Crippen LogP contribution is -2.57. The number of fused-ring (bicyclic) bond motifs is 2. The zero-order valence-corrected chi connectivity index (χ0v) is 25.9. The predicted molar refractivity (Wildman–Crippen MR) is 144 cm³/mol. The fourth-order valence-electron chi connectivity index (χ4n) is 4.63. The van der Waals surface area contributed by atoms with Crippen LogP contribution < -0.4 is 4.74 Å². The van der Waals surface area contributed by atoms with Gasteiger partial charge in [0.15, 0.2) is 28.2 Å². The van der Waals surface area contributed by atoms with E-state index in [1.54, 1.807) is 7.11 Å². The molecule has 1 aromatic rings. The van der Waals surface area contributed by atoms with Crippen LogP contribution in [0.15, 0.2) is 6.07 Å². The highest BCUT2D eigenvalue weighted by atomic mass is 28.4. The Bertz CT molecular complexity index is 858. The van der Waals surface area contributed by atoms with Crippen molar-refractivity contribution in [3.63, 3.8) is 0 Å². The lowest BCUT2D eigenvalue weighted by Gasteiger charge is -2.55. The van der Waals surface area contributed by atoms with Gasteiger partial charge in [-0.2, -0.15) is 0 Å². The molecule has 2 aliphatic rings. The average molecular weight is 509 g/mol. The van der Waals surface area contributed by atoms with Gasteiger partial charge in [0.25, 0.3) is 0 Å². The van der Waals surface area contributed by atoms with Crippen LogP contribution in [0, 0.1) is 0 Å². The van der Waals surface area contributed by atoms with Crippen LogP contribution in [0.25, 0.3) is 0 Å². The Morgan fingerprint density at radius 1 is 0.735 bits per heavy atom. The first kappa shape index (κ1) is 27.9. The molecule has 2 unspecified atom stereocenters. The highest BCUT2D eigenvalue weighted by Crippen LogP contribution is 2.60. The third-order valence-electron chi connectivity index (χ3n) is 8.46. The van der Waals surface area contributed by atoms with E-state index in [0.717, 1.165) is 29.7 Å². The van der Waals surface area contributed by atoms with Crippen molar-refractivity contribution in [2.24, 2.45) is 0 Å². The number of rotatable bonds is 9. The quantitative estimate of drug-likeness (QED) is 0.260. The fourth-order valence-corrected chi connectivity index (χ4v) is 7.36. The lowest BCUT2D eigenvalue weighted by molar-refractivity contribution is -0.221. The summed E-state index contributed by atoms with van der Waals surface area (Å²) in [5, 5.41) is 0.140. The zero-order valence-electron chi connectivity index (χ0n) is 23.9. The lowest BCUT2D eigenvalue weighted by atomic mass is 9.71. The van der Waals surface area contributed by atoms with Gasteiger partial charge in [0.2, 0.25) is 0 Å². The molecule has 34 heavy (non-hydrogen) atoms. The summed E-state index contributed by atoms with van der Waals surface area (Å²) in [6, 6.07) is 2.30. The third-order valence-corrected chi connectivity index (χ3v) is 17.4. The Balaban J connectivity index is 2.15. The molecule has 0 saturated heterocycles. The first-order valence-corrected chi connectivity index (χ1v) is 18.6. The zero-order chi connectivity index (χ0) is 26.0. The predicted octanol–water partition coefficient (Wildman–Crippen LogP) is 7.23. The minimum absolute atomic E-state index is 0.0699. The van der Waals surface area contributed by atoms with E-state index in [-0.39, 0.29) is 10.1 Å². The molecular formula is C27H48O5Si2. The molecule has 0 fully saturated rings. The van der Waals surface area contributed by atoms with Gasteiger partial charge in [0.1, 0.15) is 5.75 Å². The van der Waals surface area contributed by atoms with E-state index in [9.17, 15) is 0 Å². The van der Waals surface area contributed by atoms with Crippen molar-refractivity contribution in [1.29, 1.82) is 0 Å². The summed E-state index contributed by atoms with van der Waals surface area (Å²) in [6.45, 7) is 27.9. The van der Waals surface area contributed by atoms with Crippen LogP contribution >= 0.6 is 0 Å². The molecule has 2 atom stereocenters. The Labute approximate surface area is 210 Å². The first-order valence-electron chi connectivity index (χ1n) is 12.8. The second kappa shape index (κ2) is 8.70. The minimum atomic E-state index is -2.11. The third kappa shape index (κ3) is 4.35. The van der Waals surface area contributed by atoms with Gasteiger partial charge >= 0.3 is 0 Å². The molecule has 5 nitrogen and oxygen atoms in total. The topological polar surface area (TPSA) is 46.2 Å². The molecule has 1 aromatic carbocycles.